The number of hydrogen-bond donors (Lipinski definition) is 0. The maximum Gasteiger partial charge on any atom is 0.142 e. The molecule has 0 atom stereocenters. The van der Waals surface area contributed by atoms with Crippen molar-refractivity contribution in [1.29, 1.82) is 0 Å². The molecule has 2 heterocycles. The molecule has 1 fully saturated rings. The second-order valence-electron chi connectivity index (χ2n) is 5.97. The molecule has 0 aliphatic heterocycles. The molecule has 0 bridgehead atoms. The third-order valence-electron chi connectivity index (χ3n) is 4.35. The molecule has 1 saturated carbocycles. The predicted molar refractivity (Wildman–Crippen MR) is 90.9 cm³/mol. The summed E-state index contributed by atoms with van der Waals surface area (Å²) in [5.74, 6) is 1.57. The minimum absolute atomic E-state index is 0.688. The Labute approximate surface area is 134 Å². The SMILES string of the molecule is COc1ccc2c(C)cc(-c3nc(C4CC4)cs3)nc2c1C. The minimum Gasteiger partial charge on any atom is -0.496 e. The lowest BCUT2D eigenvalue weighted by Crippen LogP contribution is -1.94. The molecule has 0 radical (unpaired) electrons. The van der Waals surface area contributed by atoms with Crippen molar-refractivity contribution in [2.45, 2.75) is 32.6 Å². The second-order valence-corrected chi connectivity index (χ2v) is 6.82. The fourth-order valence-corrected chi connectivity index (χ4v) is 3.74. The molecular weight excluding hydrogens is 292 g/mol. The highest BCUT2D eigenvalue weighted by Gasteiger charge is 2.26. The van der Waals surface area contributed by atoms with Gasteiger partial charge in [0.15, 0.2) is 0 Å². The van der Waals surface area contributed by atoms with Crippen molar-refractivity contribution in [1.82, 2.24) is 9.97 Å². The molecule has 1 aliphatic carbocycles. The number of fused-ring (bicyclic) bond motifs is 1. The first-order valence-electron chi connectivity index (χ1n) is 7.58. The summed E-state index contributed by atoms with van der Waals surface area (Å²) >= 11 is 1.70. The van der Waals surface area contributed by atoms with Crippen molar-refractivity contribution in [3.8, 4) is 16.5 Å². The Bertz CT molecular complexity index is 865. The van der Waals surface area contributed by atoms with Crippen molar-refractivity contribution >= 4 is 22.2 Å². The summed E-state index contributed by atoms with van der Waals surface area (Å²) in [5, 5.41) is 4.39. The molecule has 22 heavy (non-hydrogen) atoms. The topological polar surface area (TPSA) is 35.0 Å². The van der Waals surface area contributed by atoms with Gasteiger partial charge in [-0.1, -0.05) is 0 Å². The summed E-state index contributed by atoms with van der Waals surface area (Å²) < 4.78 is 5.43. The Morgan fingerprint density at radius 2 is 2.00 bits per heavy atom. The number of pyridine rings is 1. The van der Waals surface area contributed by atoms with Gasteiger partial charge in [0.2, 0.25) is 0 Å². The van der Waals surface area contributed by atoms with Gasteiger partial charge in [-0.25, -0.2) is 9.97 Å². The summed E-state index contributed by atoms with van der Waals surface area (Å²) in [7, 11) is 1.70. The lowest BCUT2D eigenvalue weighted by molar-refractivity contribution is 0.412. The number of benzene rings is 1. The van der Waals surface area contributed by atoms with E-state index in [1.807, 2.05) is 6.07 Å². The highest BCUT2D eigenvalue weighted by molar-refractivity contribution is 7.13. The van der Waals surface area contributed by atoms with Crippen LogP contribution in [0.4, 0.5) is 0 Å². The number of thiazole rings is 1. The highest BCUT2D eigenvalue weighted by Crippen LogP contribution is 2.41. The average Bonchev–Trinajstić information content (AvgIpc) is 3.25. The van der Waals surface area contributed by atoms with E-state index in [1.54, 1.807) is 18.4 Å². The first-order chi connectivity index (χ1) is 10.7. The van der Waals surface area contributed by atoms with E-state index in [0.29, 0.717) is 5.92 Å². The molecule has 0 N–H and O–H groups in total. The quantitative estimate of drug-likeness (QED) is 0.693. The van der Waals surface area contributed by atoms with Crippen LogP contribution >= 0.6 is 11.3 Å². The summed E-state index contributed by atoms with van der Waals surface area (Å²) in [6.45, 7) is 4.20. The minimum atomic E-state index is 0.688. The molecule has 4 heteroatoms. The molecule has 3 nitrogen and oxygen atoms in total. The third kappa shape index (κ3) is 2.18. The van der Waals surface area contributed by atoms with Gasteiger partial charge in [-0.15, -0.1) is 11.3 Å². The molecule has 0 spiro atoms. The highest BCUT2D eigenvalue weighted by atomic mass is 32.1. The Hall–Kier alpha value is -1.94. The number of methoxy groups -OCH3 is 1. The fourth-order valence-electron chi connectivity index (χ4n) is 2.88. The molecule has 3 aromatic rings. The number of aryl methyl sites for hydroxylation is 2. The second kappa shape index (κ2) is 5.06. The molecular formula is C18H18N2OS. The Balaban J connectivity index is 1.88. The van der Waals surface area contributed by atoms with Gasteiger partial charge in [0.25, 0.3) is 0 Å². The average molecular weight is 310 g/mol. The van der Waals surface area contributed by atoms with Crippen LogP contribution in [0.15, 0.2) is 23.6 Å². The molecule has 4 rings (SSSR count). The van der Waals surface area contributed by atoms with Crippen LogP contribution in [0.5, 0.6) is 5.75 Å². The number of aromatic nitrogens is 2. The molecule has 1 aliphatic rings. The van der Waals surface area contributed by atoms with Gasteiger partial charge in [-0.3, -0.25) is 0 Å². The number of hydrogen-bond acceptors (Lipinski definition) is 4. The largest absolute Gasteiger partial charge is 0.496 e. The molecule has 0 amide bonds. The van der Waals surface area contributed by atoms with E-state index in [2.05, 4.69) is 31.4 Å². The van der Waals surface area contributed by atoms with E-state index >= 15 is 0 Å². The van der Waals surface area contributed by atoms with E-state index in [4.69, 9.17) is 14.7 Å². The first kappa shape index (κ1) is 13.7. The van der Waals surface area contributed by atoms with Crippen molar-refractivity contribution in [2.75, 3.05) is 7.11 Å². The Morgan fingerprint density at radius 3 is 2.73 bits per heavy atom. The maximum atomic E-state index is 5.43. The van der Waals surface area contributed by atoms with Gasteiger partial charge in [-0.05, 0) is 50.5 Å². The van der Waals surface area contributed by atoms with Gasteiger partial charge in [0.1, 0.15) is 10.8 Å². The van der Waals surface area contributed by atoms with E-state index in [1.165, 1.54) is 29.5 Å². The zero-order valence-corrected chi connectivity index (χ0v) is 13.8. The third-order valence-corrected chi connectivity index (χ3v) is 5.23. The van der Waals surface area contributed by atoms with E-state index < -0.39 is 0 Å². The lowest BCUT2D eigenvalue weighted by atomic mass is 10.0. The lowest BCUT2D eigenvalue weighted by Gasteiger charge is -2.10. The number of rotatable bonds is 3. The van der Waals surface area contributed by atoms with Crippen LogP contribution in [-0.2, 0) is 0 Å². The Morgan fingerprint density at radius 1 is 1.18 bits per heavy atom. The smallest absolute Gasteiger partial charge is 0.142 e. The Kier molecular flexibility index (Phi) is 3.15. The monoisotopic (exact) mass is 310 g/mol. The van der Waals surface area contributed by atoms with Gasteiger partial charge < -0.3 is 4.74 Å². The standard InChI is InChI=1S/C18H18N2OS/c1-10-8-14(18-20-15(9-22-18)12-4-5-12)19-17-11(2)16(21-3)7-6-13(10)17/h6-9,12H,4-5H2,1-3H3. The van der Waals surface area contributed by atoms with Crippen LogP contribution in [0, 0.1) is 13.8 Å². The molecule has 112 valence electrons. The predicted octanol–water partition coefficient (Wildman–Crippen LogP) is 4.86. The van der Waals surface area contributed by atoms with Crippen LogP contribution in [0.2, 0.25) is 0 Å². The molecule has 1 aromatic carbocycles. The normalized spacial score (nSPS) is 14.5. The summed E-state index contributed by atoms with van der Waals surface area (Å²) in [6, 6.07) is 6.25. The van der Waals surface area contributed by atoms with Gasteiger partial charge in [0, 0.05) is 22.2 Å². The van der Waals surface area contributed by atoms with Gasteiger partial charge in [0.05, 0.1) is 24.0 Å². The molecule has 0 saturated heterocycles. The van der Waals surface area contributed by atoms with Crippen LogP contribution in [0.1, 0.15) is 35.6 Å². The molecule has 0 unspecified atom stereocenters. The first-order valence-corrected chi connectivity index (χ1v) is 8.46. The van der Waals surface area contributed by atoms with Crippen molar-refractivity contribution < 1.29 is 4.74 Å². The van der Waals surface area contributed by atoms with Gasteiger partial charge >= 0.3 is 0 Å². The van der Waals surface area contributed by atoms with E-state index in [-0.39, 0.29) is 0 Å². The van der Waals surface area contributed by atoms with Crippen LogP contribution in [0.25, 0.3) is 21.6 Å². The summed E-state index contributed by atoms with van der Waals surface area (Å²) in [4.78, 5) is 9.66. The van der Waals surface area contributed by atoms with E-state index in [9.17, 15) is 0 Å². The van der Waals surface area contributed by atoms with Crippen molar-refractivity contribution in [3.05, 3.63) is 40.4 Å². The fraction of sp³-hybridized carbons (Fsp3) is 0.333. The van der Waals surface area contributed by atoms with E-state index in [0.717, 1.165) is 27.5 Å². The molecule has 2 aromatic heterocycles. The van der Waals surface area contributed by atoms with Crippen LogP contribution < -0.4 is 4.74 Å². The van der Waals surface area contributed by atoms with Crippen LogP contribution in [-0.4, -0.2) is 17.1 Å². The van der Waals surface area contributed by atoms with Crippen LogP contribution in [0.3, 0.4) is 0 Å². The zero-order chi connectivity index (χ0) is 15.3. The summed E-state index contributed by atoms with van der Waals surface area (Å²) in [6.07, 6.45) is 2.56. The summed E-state index contributed by atoms with van der Waals surface area (Å²) in [5.41, 5.74) is 5.54. The van der Waals surface area contributed by atoms with Crippen molar-refractivity contribution in [2.24, 2.45) is 0 Å². The maximum absolute atomic E-state index is 5.43. The van der Waals surface area contributed by atoms with Crippen molar-refractivity contribution in [3.63, 3.8) is 0 Å². The zero-order valence-electron chi connectivity index (χ0n) is 13.0. The number of nitrogens with zero attached hydrogens (tertiary/aromatic N) is 2. The number of ether oxygens (including phenoxy) is 1. The van der Waals surface area contributed by atoms with Gasteiger partial charge in [-0.2, -0.15) is 0 Å².